The number of carbonyl (C=O) groups is 4. The summed E-state index contributed by atoms with van der Waals surface area (Å²) in [6, 6.07) is 45.7. The summed E-state index contributed by atoms with van der Waals surface area (Å²) in [6.45, 7) is 2.44. The molecule has 8 rings (SSSR count). The number of aliphatic hydroxyl groups is 2. The molecule has 82 heavy (non-hydrogen) atoms. The van der Waals surface area contributed by atoms with Crippen LogP contribution in [0.2, 0.25) is 10.0 Å². The fourth-order valence-electron chi connectivity index (χ4n) is 8.20. The third-order valence-electron chi connectivity index (χ3n) is 12.3. The molecular formula is C60H56Cl2F6N6O8. The average molecular weight is 1170 g/mol. The Morgan fingerprint density at radius 2 is 0.720 bits per heavy atom. The predicted octanol–water partition coefficient (Wildman–Crippen LogP) is 11.4. The van der Waals surface area contributed by atoms with E-state index >= 15 is 0 Å². The van der Waals surface area contributed by atoms with Crippen molar-refractivity contribution in [1.82, 2.24) is 29.6 Å². The zero-order valence-corrected chi connectivity index (χ0v) is 45.9. The molecule has 0 fully saturated rings. The van der Waals surface area contributed by atoms with Crippen molar-refractivity contribution in [1.29, 1.82) is 0 Å². The number of rotatable bonds is 17. The SMILES string of the molecule is CN(C)CCNC(=O)c1ccc(-c2ccc(-c3ccc(Cl)cc3)n2-c2ccccc2C(F)(F)F)cc1.CN(C)CCNC(=O)c1ccc(-c2ccc(-c3ccc(Cl)cc3)n2-c2ccccc2C(F)(F)F)cc1.O=C(O)C(O)C(O)C(=O)O. The first-order valence-corrected chi connectivity index (χ1v) is 25.7. The molecule has 14 nitrogen and oxygen atoms in total. The second-order valence-electron chi connectivity index (χ2n) is 18.8. The topological polar surface area (TPSA) is 190 Å². The molecule has 22 heteroatoms. The summed E-state index contributed by atoms with van der Waals surface area (Å²) >= 11 is 12.1. The van der Waals surface area contributed by atoms with Crippen molar-refractivity contribution in [2.24, 2.45) is 0 Å². The number of carboxylic acids is 2. The Hall–Kier alpha value is -8.24. The quantitative estimate of drug-likeness (QED) is 0.0479. The van der Waals surface area contributed by atoms with Crippen LogP contribution in [-0.4, -0.2) is 130 Å². The maximum atomic E-state index is 14.0. The molecule has 430 valence electrons. The molecule has 6 N–H and O–H groups in total. The maximum Gasteiger partial charge on any atom is 0.418 e. The summed E-state index contributed by atoms with van der Waals surface area (Å²) in [5, 5.41) is 39.3. The number of aliphatic hydroxyl groups excluding tert-OH is 2. The van der Waals surface area contributed by atoms with Gasteiger partial charge in [0.2, 0.25) is 0 Å². The van der Waals surface area contributed by atoms with E-state index < -0.39 is 47.6 Å². The van der Waals surface area contributed by atoms with E-state index in [4.69, 9.17) is 43.6 Å². The number of aliphatic carboxylic acids is 2. The highest BCUT2D eigenvalue weighted by Gasteiger charge is 2.36. The number of hydrogen-bond donors (Lipinski definition) is 6. The summed E-state index contributed by atoms with van der Waals surface area (Å²) < 4.78 is 87.1. The van der Waals surface area contributed by atoms with Gasteiger partial charge in [-0.15, -0.1) is 0 Å². The number of aromatic nitrogens is 2. The lowest BCUT2D eigenvalue weighted by atomic mass is 10.1. The number of alkyl halides is 6. The Morgan fingerprint density at radius 3 is 0.976 bits per heavy atom. The number of nitrogens with one attached hydrogen (secondary N) is 2. The molecule has 2 atom stereocenters. The third-order valence-corrected chi connectivity index (χ3v) is 12.8. The Morgan fingerprint density at radius 1 is 0.451 bits per heavy atom. The molecule has 2 amide bonds. The van der Waals surface area contributed by atoms with Crippen LogP contribution < -0.4 is 10.6 Å². The monoisotopic (exact) mass is 1170 g/mol. The Bertz CT molecular complexity index is 3230. The number of halogens is 8. The minimum Gasteiger partial charge on any atom is -0.479 e. The molecule has 0 bridgehead atoms. The lowest BCUT2D eigenvalue weighted by molar-refractivity contribution is -0.165. The second kappa shape index (κ2) is 28.0. The van der Waals surface area contributed by atoms with Gasteiger partial charge >= 0.3 is 24.3 Å². The van der Waals surface area contributed by atoms with E-state index in [2.05, 4.69) is 10.6 Å². The number of hydrogen-bond acceptors (Lipinski definition) is 8. The highest BCUT2D eigenvalue weighted by atomic mass is 35.5. The molecule has 2 unspecified atom stereocenters. The van der Waals surface area contributed by atoms with Gasteiger partial charge in [0.1, 0.15) is 0 Å². The highest BCUT2D eigenvalue weighted by molar-refractivity contribution is 6.31. The first-order valence-electron chi connectivity index (χ1n) is 24.9. The van der Waals surface area contributed by atoms with Gasteiger partial charge in [0.05, 0.1) is 45.3 Å². The largest absolute Gasteiger partial charge is 0.479 e. The minimum atomic E-state index is -4.54. The van der Waals surface area contributed by atoms with Gasteiger partial charge in [0.15, 0.2) is 12.2 Å². The van der Waals surface area contributed by atoms with Gasteiger partial charge in [-0.3, -0.25) is 9.59 Å². The smallest absolute Gasteiger partial charge is 0.418 e. The van der Waals surface area contributed by atoms with E-state index in [1.165, 1.54) is 24.3 Å². The molecule has 0 saturated heterocycles. The zero-order valence-electron chi connectivity index (χ0n) is 44.4. The number of carbonyl (C=O) groups excluding carboxylic acids is 2. The van der Waals surface area contributed by atoms with Gasteiger partial charge in [-0.2, -0.15) is 26.3 Å². The lowest BCUT2D eigenvalue weighted by Crippen LogP contribution is -2.39. The van der Waals surface area contributed by atoms with Crippen LogP contribution in [0.4, 0.5) is 26.3 Å². The van der Waals surface area contributed by atoms with Gasteiger partial charge in [-0.1, -0.05) is 96.0 Å². The lowest BCUT2D eigenvalue weighted by Gasteiger charge is -2.19. The molecule has 0 radical (unpaired) electrons. The minimum absolute atomic E-state index is 0.0143. The standard InChI is InChI=1S/2C28H25ClF3N3O.C4H6O6/c2*1-34(2)18-17-33-27(36)21-9-7-19(8-10-21)24-15-16-25(20-11-13-22(29)14-12-20)35(24)26-6-4-3-5-23(26)28(30,31)32;5-1(3(7)8)2(6)4(9)10/h2*3-16H,17-18H2,1-2H3,(H,33,36);1-2,5-6H,(H,7,8)(H,9,10). The van der Waals surface area contributed by atoms with Crippen LogP contribution >= 0.6 is 23.2 Å². The van der Waals surface area contributed by atoms with E-state index in [-0.39, 0.29) is 23.2 Å². The molecule has 2 aromatic heterocycles. The molecule has 0 aliphatic carbocycles. The highest BCUT2D eigenvalue weighted by Crippen LogP contribution is 2.41. The summed E-state index contributed by atoms with van der Waals surface area (Å²) in [5.74, 6) is -3.95. The van der Waals surface area contributed by atoms with Crippen molar-refractivity contribution in [2.45, 2.75) is 24.6 Å². The van der Waals surface area contributed by atoms with E-state index in [1.807, 2.05) is 38.0 Å². The first kappa shape index (κ1) is 62.9. The van der Waals surface area contributed by atoms with Crippen LogP contribution in [0, 0.1) is 0 Å². The summed E-state index contributed by atoms with van der Waals surface area (Å²) in [6.07, 6.45) is -13.6. The van der Waals surface area contributed by atoms with Crippen molar-refractivity contribution in [3.8, 4) is 56.4 Å². The van der Waals surface area contributed by atoms with Crippen molar-refractivity contribution in [3.63, 3.8) is 0 Å². The molecular weight excluding hydrogens is 1120 g/mol. The molecule has 0 saturated carbocycles. The molecule has 8 aromatic rings. The number of benzene rings is 6. The van der Waals surface area contributed by atoms with Gasteiger partial charge in [-0.05, 0) is 148 Å². The van der Waals surface area contributed by atoms with Crippen LogP contribution in [0.15, 0.2) is 170 Å². The van der Waals surface area contributed by atoms with Crippen LogP contribution in [-0.2, 0) is 21.9 Å². The number of carboxylic acid groups (broad SMARTS) is 2. The fourth-order valence-corrected chi connectivity index (χ4v) is 8.45. The fraction of sp³-hybridized carbons (Fsp3) is 0.200. The van der Waals surface area contributed by atoms with Crippen molar-refractivity contribution < 1.29 is 65.9 Å². The Kier molecular flexibility index (Phi) is 21.5. The molecule has 6 aromatic carbocycles. The summed E-state index contributed by atoms with van der Waals surface area (Å²) in [7, 11) is 7.69. The summed E-state index contributed by atoms with van der Waals surface area (Å²) in [4.78, 5) is 48.4. The van der Waals surface area contributed by atoms with Gasteiger partial charge in [0, 0.05) is 47.4 Å². The number of para-hydroxylation sites is 2. The first-order chi connectivity index (χ1) is 38.8. The zero-order chi connectivity index (χ0) is 60.1. The van der Waals surface area contributed by atoms with E-state index in [1.54, 1.807) is 143 Å². The second-order valence-corrected chi connectivity index (χ2v) is 19.6. The molecule has 2 heterocycles. The maximum absolute atomic E-state index is 14.0. The Labute approximate surface area is 478 Å². The van der Waals surface area contributed by atoms with Crippen molar-refractivity contribution in [2.75, 3.05) is 54.4 Å². The molecule has 0 spiro atoms. The van der Waals surface area contributed by atoms with E-state index in [0.29, 0.717) is 81.3 Å². The van der Waals surface area contributed by atoms with Crippen LogP contribution in [0.25, 0.3) is 56.4 Å². The van der Waals surface area contributed by atoms with Crippen molar-refractivity contribution in [3.05, 3.63) is 202 Å². The number of likely N-dealkylation sites (N-methyl/N-ethyl adjacent to an activating group) is 2. The van der Waals surface area contributed by atoms with Crippen LogP contribution in [0.5, 0.6) is 0 Å². The van der Waals surface area contributed by atoms with Crippen LogP contribution in [0.1, 0.15) is 31.8 Å². The molecule has 0 aliphatic heterocycles. The molecule has 0 aliphatic rings. The van der Waals surface area contributed by atoms with Gasteiger partial charge in [0.25, 0.3) is 11.8 Å². The van der Waals surface area contributed by atoms with E-state index in [9.17, 15) is 45.5 Å². The predicted molar refractivity (Wildman–Crippen MR) is 302 cm³/mol. The third kappa shape index (κ3) is 16.5. The van der Waals surface area contributed by atoms with Gasteiger partial charge < -0.3 is 50.0 Å². The Balaban J connectivity index is 0.000000226. The van der Waals surface area contributed by atoms with Crippen LogP contribution in [0.3, 0.4) is 0 Å². The van der Waals surface area contributed by atoms with Gasteiger partial charge in [-0.25, -0.2) is 9.59 Å². The van der Waals surface area contributed by atoms with Crippen molar-refractivity contribution >= 4 is 47.0 Å². The number of amides is 2. The van der Waals surface area contributed by atoms with E-state index in [0.717, 1.165) is 23.3 Å². The number of nitrogens with zero attached hydrogens (tertiary/aromatic N) is 4. The average Bonchev–Trinajstić information content (AvgIpc) is 3.59. The normalized spacial score (nSPS) is 12.1. The summed E-state index contributed by atoms with van der Waals surface area (Å²) in [5.41, 5.74) is 4.60.